The van der Waals surface area contributed by atoms with E-state index in [4.69, 9.17) is 4.74 Å². The average molecular weight is 284 g/mol. The number of rotatable bonds is 4. The first-order valence-corrected chi connectivity index (χ1v) is 7.52. The topological polar surface area (TPSA) is 58.6 Å². The molecule has 2 amide bonds. The lowest BCUT2D eigenvalue weighted by atomic mass is 9.94. The molecular weight excluding hydrogens is 256 g/mol. The lowest BCUT2D eigenvalue weighted by Gasteiger charge is -2.31. The van der Waals surface area contributed by atoms with Gasteiger partial charge in [0.1, 0.15) is 5.60 Å². The molecule has 0 spiro atoms. The predicted molar refractivity (Wildman–Crippen MR) is 78.5 cm³/mol. The maximum atomic E-state index is 12.0. The summed E-state index contributed by atoms with van der Waals surface area (Å²) in [4.78, 5) is 25.3. The Morgan fingerprint density at radius 2 is 1.80 bits per heavy atom. The van der Waals surface area contributed by atoms with Crippen molar-refractivity contribution in [1.82, 2.24) is 10.2 Å². The second-order valence-corrected chi connectivity index (χ2v) is 6.48. The van der Waals surface area contributed by atoms with Crippen molar-refractivity contribution in [2.45, 2.75) is 70.9 Å². The molecule has 0 aromatic heterocycles. The molecule has 0 saturated heterocycles. The molecule has 0 aromatic carbocycles. The SMILES string of the molecule is CN(C(=O)CCNC(=O)OC(C)(C)C)C1CCCCC1. The molecule has 1 fully saturated rings. The number of nitrogens with one attached hydrogen (secondary N) is 1. The summed E-state index contributed by atoms with van der Waals surface area (Å²) in [5.74, 6) is 0.0907. The normalized spacial score (nSPS) is 16.6. The molecule has 0 bridgehead atoms. The van der Waals surface area contributed by atoms with Crippen LogP contribution in [-0.4, -0.2) is 42.1 Å². The largest absolute Gasteiger partial charge is 0.444 e. The van der Waals surface area contributed by atoms with Crippen molar-refractivity contribution in [2.75, 3.05) is 13.6 Å². The first-order chi connectivity index (χ1) is 9.29. The highest BCUT2D eigenvalue weighted by atomic mass is 16.6. The molecule has 0 unspecified atom stereocenters. The number of hydrogen-bond donors (Lipinski definition) is 1. The van der Waals surface area contributed by atoms with Gasteiger partial charge in [0.15, 0.2) is 0 Å². The van der Waals surface area contributed by atoms with Gasteiger partial charge in [-0.25, -0.2) is 4.79 Å². The van der Waals surface area contributed by atoms with Crippen LogP contribution in [0.3, 0.4) is 0 Å². The second kappa shape index (κ2) is 7.50. The Labute approximate surface area is 122 Å². The second-order valence-electron chi connectivity index (χ2n) is 6.48. The molecular formula is C15H28N2O3. The molecule has 1 saturated carbocycles. The van der Waals surface area contributed by atoms with E-state index in [1.807, 2.05) is 32.7 Å². The summed E-state index contributed by atoms with van der Waals surface area (Å²) in [7, 11) is 1.87. The number of carbonyl (C=O) groups excluding carboxylic acids is 2. The van der Waals surface area contributed by atoms with Crippen LogP contribution in [0.25, 0.3) is 0 Å². The zero-order valence-corrected chi connectivity index (χ0v) is 13.2. The van der Waals surface area contributed by atoms with Gasteiger partial charge in [0.05, 0.1) is 0 Å². The van der Waals surface area contributed by atoms with Gasteiger partial charge in [0.25, 0.3) is 0 Å². The summed E-state index contributed by atoms with van der Waals surface area (Å²) >= 11 is 0. The summed E-state index contributed by atoms with van der Waals surface area (Å²) in [6.07, 6.45) is 5.75. The fourth-order valence-corrected chi connectivity index (χ4v) is 2.43. The molecule has 5 nitrogen and oxygen atoms in total. The third-order valence-corrected chi connectivity index (χ3v) is 3.52. The number of amides is 2. The number of nitrogens with zero attached hydrogens (tertiary/aromatic N) is 1. The van der Waals surface area contributed by atoms with Crippen LogP contribution >= 0.6 is 0 Å². The quantitative estimate of drug-likeness (QED) is 0.863. The Bertz CT molecular complexity index is 331. The Kier molecular flexibility index (Phi) is 6.30. The highest BCUT2D eigenvalue weighted by Crippen LogP contribution is 2.21. The van der Waals surface area contributed by atoms with Crippen molar-refractivity contribution in [3.63, 3.8) is 0 Å². The van der Waals surface area contributed by atoms with E-state index in [0.29, 0.717) is 19.0 Å². The van der Waals surface area contributed by atoms with Crippen molar-refractivity contribution < 1.29 is 14.3 Å². The van der Waals surface area contributed by atoms with Crippen LogP contribution in [0.1, 0.15) is 59.3 Å². The van der Waals surface area contributed by atoms with E-state index < -0.39 is 11.7 Å². The summed E-state index contributed by atoms with van der Waals surface area (Å²) in [6, 6.07) is 0.373. The minimum Gasteiger partial charge on any atom is -0.444 e. The fourth-order valence-electron chi connectivity index (χ4n) is 2.43. The van der Waals surface area contributed by atoms with Crippen molar-refractivity contribution in [3.05, 3.63) is 0 Å². The van der Waals surface area contributed by atoms with Crippen LogP contribution in [0.4, 0.5) is 4.79 Å². The molecule has 1 N–H and O–H groups in total. The monoisotopic (exact) mass is 284 g/mol. The first kappa shape index (κ1) is 16.8. The van der Waals surface area contributed by atoms with E-state index in [1.54, 1.807) is 0 Å². The van der Waals surface area contributed by atoms with E-state index in [9.17, 15) is 9.59 Å². The lowest BCUT2D eigenvalue weighted by Crippen LogP contribution is -2.40. The van der Waals surface area contributed by atoms with E-state index in [0.717, 1.165) is 12.8 Å². The first-order valence-electron chi connectivity index (χ1n) is 7.52. The van der Waals surface area contributed by atoms with Crippen LogP contribution in [0.2, 0.25) is 0 Å². The van der Waals surface area contributed by atoms with Crippen molar-refractivity contribution in [1.29, 1.82) is 0 Å². The molecule has 0 atom stereocenters. The van der Waals surface area contributed by atoms with E-state index in [-0.39, 0.29) is 5.91 Å². The molecule has 0 radical (unpaired) electrons. The van der Waals surface area contributed by atoms with E-state index in [2.05, 4.69) is 5.32 Å². The van der Waals surface area contributed by atoms with Crippen LogP contribution < -0.4 is 5.32 Å². The van der Waals surface area contributed by atoms with Gasteiger partial charge in [-0.3, -0.25) is 4.79 Å². The van der Waals surface area contributed by atoms with Gasteiger partial charge >= 0.3 is 6.09 Å². The van der Waals surface area contributed by atoms with Crippen LogP contribution in [0, 0.1) is 0 Å². The maximum absolute atomic E-state index is 12.0. The van der Waals surface area contributed by atoms with Crippen LogP contribution in [-0.2, 0) is 9.53 Å². The Morgan fingerprint density at radius 3 is 2.35 bits per heavy atom. The molecule has 1 rings (SSSR count). The minimum atomic E-state index is -0.507. The summed E-state index contributed by atoms with van der Waals surface area (Å²) in [5.41, 5.74) is -0.507. The molecule has 116 valence electrons. The van der Waals surface area contributed by atoms with Crippen molar-refractivity contribution in [3.8, 4) is 0 Å². The highest BCUT2D eigenvalue weighted by molar-refractivity contribution is 5.77. The minimum absolute atomic E-state index is 0.0907. The third-order valence-electron chi connectivity index (χ3n) is 3.52. The van der Waals surface area contributed by atoms with Gasteiger partial charge in [0.2, 0.25) is 5.91 Å². The molecule has 20 heavy (non-hydrogen) atoms. The van der Waals surface area contributed by atoms with E-state index in [1.165, 1.54) is 19.3 Å². The number of carbonyl (C=O) groups is 2. The fraction of sp³-hybridized carbons (Fsp3) is 0.867. The highest BCUT2D eigenvalue weighted by Gasteiger charge is 2.22. The van der Waals surface area contributed by atoms with Crippen molar-refractivity contribution >= 4 is 12.0 Å². The summed E-state index contributed by atoms with van der Waals surface area (Å²) in [5, 5.41) is 2.62. The zero-order valence-electron chi connectivity index (χ0n) is 13.2. The molecule has 0 heterocycles. The molecule has 1 aliphatic rings. The third kappa shape index (κ3) is 6.26. The smallest absolute Gasteiger partial charge is 0.407 e. The van der Waals surface area contributed by atoms with Gasteiger partial charge < -0.3 is 15.0 Å². The lowest BCUT2D eigenvalue weighted by molar-refractivity contribution is -0.132. The Morgan fingerprint density at radius 1 is 1.20 bits per heavy atom. The van der Waals surface area contributed by atoms with Gasteiger partial charge in [-0.15, -0.1) is 0 Å². The number of alkyl carbamates (subject to hydrolysis) is 1. The van der Waals surface area contributed by atoms with Gasteiger partial charge in [0, 0.05) is 26.1 Å². The average Bonchev–Trinajstić information content (AvgIpc) is 2.36. The number of hydrogen-bond acceptors (Lipinski definition) is 3. The Balaban J connectivity index is 2.23. The zero-order chi connectivity index (χ0) is 15.2. The number of ether oxygens (including phenoxy) is 1. The Hall–Kier alpha value is -1.26. The van der Waals surface area contributed by atoms with E-state index >= 15 is 0 Å². The summed E-state index contributed by atoms with van der Waals surface area (Å²) < 4.78 is 5.12. The maximum Gasteiger partial charge on any atom is 0.407 e. The van der Waals surface area contributed by atoms with Gasteiger partial charge in [-0.1, -0.05) is 19.3 Å². The van der Waals surface area contributed by atoms with Crippen LogP contribution in [0.15, 0.2) is 0 Å². The molecule has 1 aliphatic carbocycles. The van der Waals surface area contributed by atoms with Gasteiger partial charge in [-0.05, 0) is 33.6 Å². The molecule has 5 heteroatoms. The van der Waals surface area contributed by atoms with Gasteiger partial charge in [-0.2, -0.15) is 0 Å². The molecule has 0 aliphatic heterocycles. The molecule has 0 aromatic rings. The van der Waals surface area contributed by atoms with Crippen molar-refractivity contribution in [2.24, 2.45) is 0 Å². The van der Waals surface area contributed by atoms with Crippen LogP contribution in [0.5, 0.6) is 0 Å². The standard InChI is InChI=1S/C15H28N2O3/c1-15(2,3)20-14(19)16-11-10-13(18)17(4)12-8-6-5-7-9-12/h12H,5-11H2,1-4H3,(H,16,19). The predicted octanol–water partition coefficient (Wildman–Crippen LogP) is 2.69. The summed E-state index contributed by atoms with van der Waals surface area (Å²) in [6.45, 7) is 5.77.